The van der Waals surface area contributed by atoms with Gasteiger partial charge in [0.05, 0.1) is 24.8 Å². The van der Waals surface area contributed by atoms with Gasteiger partial charge in [-0.05, 0) is 53.7 Å². The Bertz CT molecular complexity index is 642. The van der Waals surface area contributed by atoms with Gasteiger partial charge in [-0.1, -0.05) is 22.6 Å². The van der Waals surface area contributed by atoms with Gasteiger partial charge in [0.2, 0.25) is 0 Å². The quantitative estimate of drug-likeness (QED) is 0.243. The molecule has 24 heavy (non-hydrogen) atoms. The largest absolute Gasteiger partial charge is 0.261 e. The number of unbranched alkanes of at least 4 members (excludes halogenated alkanes) is 1. The van der Waals surface area contributed by atoms with Crippen LogP contribution in [0.15, 0.2) is 73.6 Å². The lowest BCUT2D eigenvalue weighted by atomic mass is 10.4. The van der Waals surface area contributed by atoms with Crippen molar-refractivity contribution in [3.63, 3.8) is 0 Å². The van der Waals surface area contributed by atoms with Gasteiger partial charge < -0.3 is 0 Å². The molecule has 0 aromatic carbocycles. The zero-order valence-corrected chi connectivity index (χ0v) is 16.5. The SMILES string of the molecule is [123I]CCCC[P+](c1cccnc1)(c1cccnc1)c1cccnc1. The van der Waals surface area contributed by atoms with Crippen molar-refractivity contribution in [1.29, 1.82) is 0 Å². The fourth-order valence-electron chi connectivity index (χ4n) is 3.02. The highest BCUT2D eigenvalue weighted by atomic mass is 123. The van der Waals surface area contributed by atoms with E-state index in [0.29, 0.717) is 0 Å². The molecule has 0 radical (unpaired) electrons. The first kappa shape index (κ1) is 17.4. The highest BCUT2D eigenvalue weighted by Gasteiger charge is 2.45. The number of halogens is 1. The highest BCUT2D eigenvalue weighted by Crippen LogP contribution is 2.55. The minimum absolute atomic E-state index is 1.12. The van der Waals surface area contributed by atoms with Crippen LogP contribution in [0.5, 0.6) is 0 Å². The van der Waals surface area contributed by atoms with Crippen LogP contribution in [-0.2, 0) is 0 Å². The predicted molar refractivity (Wildman–Crippen MR) is 112 cm³/mol. The minimum atomic E-state index is -1.77. The molecule has 0 saturated carbocycles. The van der Waals surface area contributed by atoms with Crippen LogP contribution < -0.4 is 15.9 Å². The molecule has 0 unspecified atom stereocenters. The summed E-state index contributed by atoms with van der Waals surface area (Å²) in [6.45, 7) is 0. The molecule has 3 nitrogen and oxygen atoms in total. The Kier molecular flexibility index (Phi) is 6.27. The lowest BCUT2D eigenvalue weighted by Crippen LogP contribution is -2.34. The maximum Gasteiger partial charge on any atom is 0.123 e. The molecule has 122 valence electrons. The molecule has 3 aromatic heterocycles. The summed E-state index contributed by atoms with van der Waals surface area (Å²) in [5, 5.41) is 3.92. The standard InChI is InChI=1S/C19H20IN3P/c20-9-1-2-13-24(17-6-3-10-21-14-17,18-7-4-11-22-15-18)19-8-5-12-23-16-19/h3-8,10-12,14-16H,1-2,9,13H2/q+1/i20-4. The number of nitrogens with zero attached hydrogens (tertiary/aromatic N) is 3. The third-order valence-electron chi connectivity index (χ3n) is 4.14. The smallest absolute Gasteiger partial charge is 0.123 e. The van der Waals surface area contributed by atoms with Gasteiger partial charge in [0.25, 0.3) is 0 Å². The van der Waals surface area contributed by atoms with Gasteiger partial charge in [-0.15, -0.1) is 0 Å². The normalized spacial score (nSPS) is 11.4. The molecule has 0 saturated heterocycles. The Morgan fingerprint density at radius 3 is 1.50 bits per heavy atom. The van der Waals surface area contributed by atoms with E-state index in [0.717, 1.165) is 6.16 Å². The second-order valence-corrected chi connectivity index (χ2v) is 10.3. The first-order chi connectivity index (χ1) is 11.9. The van der Waals surface area contributed by atoms with Crippen molar-refractivity contribution in [3.8, 4) is 0 Å². The van der Waals surface area contributed by atoms with Gasteiger partial charge in [0, 0.05) is 18.6 Å². The molecule has 0 amide bonds. The van der Waals surface area contributed by atoms with Gasteiger partial charge in [0.1, 0.15) is 23.2 Å². The number of pyridine rings is 3. The van der Waals surface area contributed by atoms with E-state index in [4.69, 9.17) is 0 Å². The number of alkyl halides is 1. The Balaban J connectivity index is 2.20. The molecule has 3 rings (SSSR count). The average molecular weight is 444 g/mol. The summed E-state index contributed by atoms with van der Waals surface area (Å²) in [6, 6.07) is 12.7. The second-order valence-electron chi connectivity index (χ2n) is 5.56. The van der Waals surface area contributed by atoms with Crippen LogP contribution in [0, 0.1) is 0 Å². The van der Waals surface area contributed by atoms with E-state index in [-0.39, 0.29) is 0 Å². The lowest BCUT2D eigenvalue weighted by molar-refractivity contribution is 0.913. The van der Waals surface area contributed by atoms with Crippen molar-refractivity contribution < 1.29 is 0 Å². The molecule has 0 bridgehead atoms. The topological polar surface area (TPSA) is 38.7 Å². The van der Waals surface area contributed by atoms with E-state index >= 15 is 0 Å². The third kappa shape index (κ3) is 3.65. The van der Waals surface area contributed by atoms with Crippen molar-refractivity contribution in [2.75, 3.05) is 10.6 Å². The summed E-state index contributed by atoms with van der Waals surface area (Å²) >= 11 is 2.46. The van der Waals surface area contributed by atoms with E-state index in [1.807, 2.05) is 55.4 Å². The molecular formula is C19H20IN3P+. The van der Waals surface area contributed by atoms with Crippen LogP contribution in [0.4, 0.5) is 0 Å². The molecule has 0 atom stereocenters. The van der Waals surface area contributed by atoms with Gasteiger partial charge in [-0.3, -0.25) is 15.0 Å². The molecule has 0 aliphatic rings. The first-order valence-corrected chi connectivity index (χ1v) is 11.5. The van der Waals surface area contributed by atoms with Crippen molar-refractivity contribution in [1.82, 2.24) is 15.0 Å². The summed E-state index contributed by atoms with van der Waals surface area (Å²) in [7, 11) is -1.77. The van der Waals surface area contributed by atoms with Crippen molar-refractivity contribution in [3.05, 3.63) is 73.6 Å². The number of rotatable bonds is 7. The van der Waals surface area contributed by atoms with Crippen molar-refractivity contribution in [2.24, 2.45) is 0 Å². The molecule has 3 heterocycles. The Labute approximate surface area is 157 Å². The van der Waals surface area contributed by atoms with E-state index in [9.17, 15) is 0 Å². The highest BCUT2D eigenvalue weighted by molar-refractivity contribution is 14.1. The average Bonchev–Trinajstić information content (AvgIpc) is 2.68. The molecule has 3 aromatic rings. The van der Waals surface area contributed by atoms with Crippen LogP contribution >= 0.6 is 29.9 Å². The van der Waals surface area contributed by atoms with Gasteiger partial charge >= 0.3 is 0 Å². The summed E-state index contributed by atoms with van der Waals surface area (Å²) in [6.07, 6.45) is 15.1. The monoisotopic (exact) mass is 444 g/mol. The molecule has 0 fully saturated rings. The van der Waals surface area contributed by atoms with Crippen molar-refractivity contribution >= 4 is 45.8 Å². The fraction of sp³-hybridized carbons (Fsp3) is 0.211. The van der Waals surface area contributed by atoms with Crippen LogP contribution in [0.1, 0.15) is 12.8 Å². The van der Waals surface area contributed by atoms with Gasteiger partial charge in [-0.2, -0.15) is 0 Å². The van der Waals surface area contributed by atoms with Crippen LogP contribution in [0.2, 0.25) is 0 Å². The summed E-state index contributed by atoms with van der Waals surface area (Å²) in [4.78, 5) is 13.2. The Morgan fingerprint density at radius 2 is 1.17 bits per heavy atom. The van der Waals surface area contributed by atoms with Crippen LogP contribution in [0.3, 0.4) is 0 Å². The molecule has 0 spiro atoms. The predicted octanol–water partition coefficient (Wildman–Crippen LogP) is 3.38. The summed E-state index contributed by atoms with van der Waals surface area (Å²) < 4.78 is 1.19. The van der Waals surface area contributed by atoms with Gasteiger partial charge in [-0.25, -0.2) is 0 Å². The zero-order valence-electron chi connectivity index (χ0n) is 13.4. The van der Waals surface area contributed by atoms with Crippen LogP contribution in [-0.4, -0.2) is 25.5 Å². The van der Waals surface area contributed by atoms with E-state index in [2.05, 4.69) is 55.7 Å². The summed E-state index contributed by atoms with van der Waals surface area (Å²) in [5.74, 6) is 0. The molecular weight excluding hydrogens is 424 g/mol. The first-order valence-electron chi connectivity index (χ1n) is 8.04. The summed E-state index contributed by atoms with van der Waals surface area (Å²) in [5.41, 5.74) is 0. The van der Waals surface area contributed by atoms with Crippen molar-refractivity contribution in [2.45, 2.75) is 12.8 Å². The second kappa shape index (κ2) is 8.63. The third-order valence-corrected chi connectivity index (χ3v) is 9.33. The molecule has 0 aliphatic heterocycles. The molecule has 5 heteroatoms. The van der Waals surface area contributed by atoms with E-state index < -0.39 is 7.26 Å². The van der Waals surface area contributed by atoms with Crippen LogP contribution in [0.25, 0.3) is 0 Å². The number of aromatic nitrogens is 3. The van der Waals surface area contributed by atoms with Gasteiger partial charge in [0.15, 0.2) is 0 Å². The Morgan fingerprint density at radius 1 is 0.708 bits per heavy atom. The van der Waals surface area contributed by atoms with E-state index in [1.165, 1.54) is 33.2 Å². The zero-order chi connectivity index (χ0) is 16.7. The maximum atomic E-state index is 4.42. The minimum Gasteiger partial charge on any atom is -0.261 e. The molecule has 0 N–H and O–H groups in total. The fourth-order valence-corrected chi connectivity index (χ4v) is 7.74. The number of hydrogen-bond acceptors (Lipinski definition) is 3. The lowest BCUT2D eigenvalue weighted by Gasteiger charge is -2.26. The molecule has 0 aliphatic carbocycles. The Hall–Kier alpha value is -1.39. The van der Waals surface area contributed by atoms with E-state index in [1.54, 1.807) is 0 Å². The number of hydrogen-bond donors (Lipinski definition) is 0. The maximum absolute atomic E-state index is 4.42.